The van der Waals surface area contributed by atoms with Crippen molar-refractivity contribution in [3.8, 4) is 11.4 Å². The van der Waals surface area contributed by atoms with Crippen molar-refractivity contribution >= 4 is 5.91 Å². The number of amides is 1. The lowest BCUT2D eigenvalue weighted by atomic mass is 10.2. The van der Waals surface area contributed by atoms with E-state index in [2.05, 4.69) is 19.9 Å². The van der Waals surface area contributed by atoms with Crippen molar-refractivity contribution in [2.24, 2.45) is 0 Å². The maximum atomic E-state index is 12.8. The van der Waals surface area contributed by atoms with Crippen LogP contribution >= 0.6 is 0 Å². The number of aromatic nitrogens is 3. The third kappa shape index (κ3) is 3.97. The van der Waals surface area contributed by atoms with Crippen LogP contribution in [0.25, 0.3) is 11.4 Å². The average molecular weight is 369 g/mol. The van der Waals surface area contributed by atoms with Crippen LogP contribution in [0.15, 0.2) is 36.9 Å². The van der Waals surface area contributed by atoms with Crippen LogP contribution in [-0.2, 0) is 4.74 Å². The fraction of sp³-hybridized carbons (Fsp3) is 0.474. The highest BCUT2D eigenvalue weighted by atomic mass is 16.5. The summed E-state index contributed by atoms with van der Waals surface area (Å²) in [7, 11) is 0. The van der Waals surface area contributed by atoms with E-state index in [0.717, 1.165) is 25.1 Å². The Labute approximate surface area is 157 Å². The Morgan fingerprint density at radius 3 is 2.67 bits per heavy atom. The molecule has 1 N–H and O–H groups in total. The van der Waals surface area contributed by atoms with E-state index in [-0.39, 0.29) is 11.9 Å². The van der Waals surface area contributed by atoms with Crippen molar-refractivity contribution in [2.75, 3.05) is 39.4 Å². The van der Waals surface area contributed by atoms with Crippen molar-refractivity contribution in [1.29, 1.82) is 0 Å². The summed E-state index contributed by atoms with van der Waals surface area (Å²) < 4.78 is 5.36. The molecule has 2 saturated heterocycles. The van der Waals surface area contributed by atoms with E-state index in [1.807, 2.05) is 17.0 Å². The summed E-state index contributed by atoms with van der Waals surface area (Å²) in [6.45, 7) is 3.83. The Balaban J connectivity index is 1.40. The number of pyridine rings is 1. The van der Waals surface area contributed by atoms with Gasteiger partial charge in [0.15, 0.2) is 5.82 Å². The van der Waals surface area contributed by atoms with Gasteiger partial charge in [0.25, 0.3) is 5.91 Å². The average Bonchev–Trinajstić information content (AvgIpc) is 3.00. The first-order valence-electron chi connectivity index (χ1n) is 9.24. The Morgan fingerprint density at radius 2 is 1.96 bits per heavy atom. The van der Waals surface area contributed by atoms with Crippen LogP contribution in [0.2, 0.25) is 0 Å². The molecule has 8 heteroatoms. The molecule has 2 aliphatic rings. The van der Waals surface area contributed by atoms with Crippen LogP contribution in [-0.4, -0.2) is 87.3 Å². The van der Waals surface area contributed by atoms with Gasteiger partial charge in [0.05, 0.1) is 30.9 Å². The molecule has 2 aromatic heterocycles. The number of hydrogen-bond donors (Lipinski definition) is 1. The van der Waals surface area contributed by atoms with Gasteiger partial charge < -0.3 is 14.7 Å². The minimum atomic E-state index is -0.444. The second-order valence-corrected chi connectivity index (χ2v) is 6.89. The summed E-state index contributed by atoms with van der Waals surface area (Å²) >= 11 is 0. The molecule has 2 aliphatic heterocycles. The van der Waals surface area contributed by atoms with Gasteiger partial charge in [-0.05, 0) is 18.6 Å². The molecule has 0 saturated carbocycles. The van der Waals surface area contributed by atoms with Gasteiger partial charge in [0.2, 0.25) is 0 Å². The first-order valence-corrected chi connectivity index (χ1v) is 9.24. The predicted molar refractivity (Wildman–Crippen MR) is 98.0 cm³/mol. The van der Waals surface area contributed by atoms with Gasteiger partial charge in [-0.25, -0.2) is 9.97 Å². The van der Waals surface area contributed by atoms with Gasteiger partial charge in [-0.15, -0.1) is 0 Å². The molecule has 8 nitrogen and oxygen atoms in total. The number of hydrogen-bond acceptors (Lipinski definition) is 7. The van der Waals surface area contributed by atoms with Crippen LogP contribution in [0.1, 0.15) is 16.8 Å². The topological polar surface area (TPSA) is 91.7 Å². The van der Waals surface area contributed by atoms with Gasteiger partial charge in [0, 0.05) is 56.5 Å². The van der Waals surface area contributed by atoms with Gasteiger partial charge in [-0.2, -0.15) is 0 Å². The number of carbonyl (C=O) groups excluding carboxylic acids is 1. The summed E-state index contributed by atoms with van der Waals surface area (Å²) in [5.41, 5.74) is 1.31. The Kier molecular flexibility index (Phi) is 5.38. The van der Waals surface area contributed by atoms with Crippen LogP contribution in [0.5, 0.6) is 0 Å². The minimum Gasteiger partial charge on any atom is -0.389 e. The maximum absolute atomic E-state index is 12.8. The highest BCUT2D eigenvalue weighted by molar-refractivity contribution is 5.93. The molecule has 0 radical (unpaired) electrons. The van der Waals surface area contributed by atoms with Crippen LogP contribution in [0, 0.1) is 0 Å². The van der Waals surface area contributed by atoms with Gasteiger partial charge in [-0.3, -0.25) is 14.7 Å². The zero-order chi connectivity index (χ0) is 18.6. The third-order valence-electron chi connectivity index (χ3n) is 5.13. The minimum absolute atomic E-state index is 0.0298. The zero-order valence-electron chi connectivity index (χ0n) is 15.1. The quantitative estimate of drug-likeness (QED) is 0.840. The normalized spacial score (nSPS) is 24.0. The van der Waals surface area contributed by atoms with Crippen molar-refractivity contribution in [3.63, 3.8) is 0 Å². The number of nitrogens with zero attached hydrogens (tertiary/aromatic N) is 5. The lowest BCUT2D eigenvalue weighted by molar-refractivity contribution is 0.0724. The fourth-order valence-corrected chi connectivity index (χ4v) is 3.62. The monoisotopic (exact) mass is 369 g/mol. The first-order chi connectivity index (χ1) is 13.2. The van der Waals surface area contributed by atoms with E-state index in [4.69, 9.17) is 4.74 Å². The highest BCUT2D eigenvalue weighted by Gasteiger charge is 2.33. The third-order valence-corrected chi connectivity index (χ3v) is 5.13. The molecule has 1 amide bonds. The fourth-order valence-electron chi connectivity index (χ4n) is 3.62. The second-order valence-electron chi connectivity index (χ2n) is 6.89. The maximum Gasteiger partial charge on any atom is 0.257 e. The van der Waals surface area contributed by atoms with Gasteiger partial charge in [0.1, 0.15) is 0 Å². The molecule has 2 atom stereocenters. The molecule has 0 aliphatic carbocycles. The second kappa shape index (κ2) is 8.08. The molecular formula is C19H23N5O3. The number of aliphatic hydroxyl groups is 1. The van der Waals surface area contributed by atoms with Gasteiger partial charge in [-0.1, -0.05) is 0 Å². The predicted octanol–water partition coefficient (Wildman–Crippen LogP) is 0.446. The van der Waals surface area contributed by atoms with Crippen LogP contribution < -0.4 is 0 Å². The molecule has 2 aromatic rings. The molecule has 0 bridgehead atoms. The standard InChI is InChI=1S/C19H23N5O3/c25-17-13-27-12-16(17)23-5-2-6-24(8-7-23)19(26)15-10-21-18(22-11-15)14-3-1-4-20-9-14/h1,3-4,9-11,16-17,25H,2,5-8,12-13H2/t16-,17-/m0/s1. The van der Waals surface area contributed by atoms with E-state index < -0.39 is 6.10 Å². The lowest BCUT2D eigenvalue weighted by Gasteiger charge is -2.28. The largest absolute Gasteiger partial charge is 0.389 e. The lowest BCUT2D eigenvalue weighted by Crippen LogP contribution is -2.45. The van der Waals surface area contributed by atoms with Gasteiger partial charge >= 0.3 is 0 Å². The SMILES string of the molecule is O=C(c1cnc(-c2cccnc2)nc1)N1CCCN([C@H]2COC[C@@H]2O)CC1. The van der Waals surface area contributed by atoms with Crippen molar-refractivity contribution in [2.45, 2.75) is 18.6 Å². The van der Waals surface area contributed by atoms with E-state index in [1.54, 1.807) is 24.8 Å². The van der Waals surface area contributed by atoms with E-state index >= 15 is 0 Å². The van der Waals surface area contributed by atoms with Crippen molar-refractivity contribution in [3.05, 3.63) is 42.5 Å². The number of rotatable bonds is 3. The Bertz CT molecular complexity index is 771. The Hall–Kier alpha value is -2.42. The molecular weight excluding hydrogens is 346 g/mol. The molecule has 0 spiro atoms. The van der Waals surface area contributed by atoms with Crippen molar-refractivity contribution < 1.29 is 14.6 Å². The molecule has 4 rings (SSSR count). The molecule has 27 heavy (non-hydrogen) atoms. The van der Waals surface area contributed by atoms with E-state index in [1.165, 1.54) is 0 Å². The number of carbonyl (C=O) groups is 1. The van der Waals surface area contributed by atoms with Crippen LogP contribution in [0.3, 0.4) is 0 Å². The molecule has 2 fully saturated rings. The summed E-state index contributed by atoms with van der Waals surface area (Å²) in [5.74, 6) is 0.495. The summed E-state index contributed by atoms with van der Waals surface area (Å²) in [5, 5.41) is 10.0. The summed E-state index contributed by atoms with van der Waals surface area (Å²) in [6, 6.07) is 3.74. The Morgan fingerprint density at radius 1 is 1.11 bits per heavy atom. The van der Waals surface area contributed by atoms with E-state index in [0.29, 0.717) is 37.7 Å². The van der Waals surface area contributed by atoms with E-state index in [9.17, 15) is 9.90 Å². The van der Waals surface area contributed by atoms with Crippen molar-refractivity contribution in [1.82, 2.24) is 24.8 Å². The molecule has 0 unspecified atom stereocenters. The zero-order valence-corrected chi connectivity index (χ0v) is 15.1. The first kappa shape index (κ1) is 18.0. The molecule has 142 valence electrons. The number of ether oxygens (including phenoxy) is 1. The smallest absolute Gasteiger partial charge is 0.257 e. The molecule has 0 aromatic carbocycles. The number of aliphatic hydroxyl groups excluding tert-OH is 1. The summed E-state index contributed by atoms with van der Waals surface area (Å²) in [4.78, 5) is 29.6. The van der Waals surface area contributed by atoms with Crippen LogP contribution in [0.4, 0.5) is 0 Å². The molecule has 4 heterocycles. The summed E-state index contributed by atoms with van der Waals surface area (Å²) in [6.07, 6.45) is 6.97. The highest BCUT2D eigenvalue weighted by Crippen LogP contribution is 2.17.